The maximum Gasteiger partial charge on any atom is 0.0589 e. The Bertz CT molecular complexity index is 183. The molecule has 0 saturated carbocycles. The van der Waals surface area contributed by atoms with Gasteiger partial charge < -0.3 is 10.1 Å². The van der Waals surface area contributed by atoms with E-state index >= 15 is 0 Å². The lowest BCUT2D eigenvalue weighted by atomic mass is 10.0. The van der Waals surface area contributed by atoms with Crippen LogP contribution in [-0.4, -0.2) is 50.8 Å². The molecule has 0 saturated heterocycles. The van der Waals surface area contributed by atoms with Gasteiger partial charge in [-0.1, -0.05) is 26.8 Å². The van der Waals surface area contributed by atoms with Crippen molar-refractivity contribution in [2.45, 2.75) is 33.2 Å². The van der Waals surface area contributed by atoms with Crippen molar-refractivity contribution in [1.29, 1.82) is 0 Å². The second-order valence-corrected chi connectivity index (χ2v) is 4.79. The highest BCUT2D eigenvalue weighted by Crippen LogP contribution is 2.10. The molecule has 3 heteroatoms. The number of hydrogen-bond acceptors (Lipinski definition) is 3. The SMILES string of the molecule is C=CCN(CCOC)C(CNCCC)C(C)C. The Kier molecular flexibility index (Phi) is 10.5. The maximum atomic E-state index is 5.18. The highest BCUT2D eigenvalue weighted by Gasteiger charge is 2.20. The third-order valence-electron chi connectivity index (χ3n) is 2.97. The van der Waals surface area contributed by atoms with Gasteiger partial charge in [0.15, 0.2) is 0 Å². The van der Waals surface area contributed by atoms with Gasteiger partial charge in [-0.05, 0) is 18.9 Å². The quantitative estimate of drug-likeness (QED) is 0.444. The number of hydrogen-bond donors (Lipinski definition) is 1. The van der Waals surface area contributed by atoms with Crippen molar-refractivity contribution in [3.63, 3.8) is 0 Å². The van der Waals surface area contributed by atoms with Gasteiger partial charge in [0.05, 0.1) is 6.61 Å². The summed E-state index contributed by atoms with van der Waals surface area (Å²) in [4.78, 5) is 2.45. The number of ether oxygens (including phenoxy) is 1. The van der Waals surface area contributed by atoms with E-state index in [2.05, 4.69) is 37.6 Å². The van der Waals surface area contributed by atoms with Crippen LogP contribution in [0.4, 0.5) is 0 Å². The maximum absolute atomic E-state index is 5.18. The predicted octanol–water partition coefficient (Wildman–Crippen LogP) is 2.14. The van der Waals surface area contributed by atoms with E-state index in [1.807, 2.05) is 6.08 Å². The normalized spacial score (nSPS) is 13.3. The summed E-state index contributed by atoms with van der Waals surface area (Å²) in [7, 11) is 1.76. The standard InChI is InChI=1S/C14H30N2O/c1-6-8-15-12-14(13(3)4)16(9-7-2)10-11-17-5/h7,13-15H,2,6,8-12H2,1,3-5H3. The largest absolute Gasteiger partial charge is 0.383 e. The fraction of sp³-hybridized carbons (Fsp3) is 0.857. The van der Waals surface area contributed by atoms with Crippen LogP contribution in [0.2, 0.25) is 0 Å². The number of nitrogens with one attached hydrogen (secondary N) is 1. The number of nitrogens with zero attached hydrogens (tertiary/aromatic N) is 1. The Labute approximate surface area is 107 Å². The molecule has 0 fully saturated rings. The van der Waals surface area contributed by atoms with Crippen molar-refractivity contribution in [3.8, 4) is 0 Å². The Hall–Kier alpha value is -0.380. The molecule has 0 aromatic carbocycles. The molecule has 17 heavy (non-hydrogen) atoms. The first kappa shape index (κ1) is 16.6. The first-order valence-corrected chi connectivity index (χ1v) is 6.71. The molecule has 102 valence electrons. The molecule has 1 atom stereocenters. The molecule has 0 aromatic heterocycles. The van der Waals surface area contributed by atoms with Crippen molar-refractivity contribution < 1.29 is 4.74 Å². The van der Waals surface area contributed by atoms with Crippen LogP contribution in [0.1, 0.15) is 27.2 Å². The summed E-state index contributed by atoms with van der Waals surface area (Å²) in [6.07, 6.45) is 3.16. The zero-order valence-corrected chi connectivity index (χ0v) is 12.0. The summed E-state index contributed by atoms with van der Waals surface area (Å²) in [6.45, 7) is 15.4. The number of methoxy groups -OCH3 is 1. The minimum absolute atomic E-state index is 0.551. The van der Waals surface area contributed by atoms with Crippen molar-refractivity contribution in [3.05, 3.63) is 12.7 Å². The lowest BCUT2D eigenvalue weighted by Gasteiger charge is -2.33. The summed E-state index contributed by atoms with van der Waals surface area (Å²) in [6, 6.07) is 0.551. The van der Waals surface area contributed by atoms with Gasteiger partial charge in [-0.25, -0.2) is 0 Å². The molecule has 0 radical (unpaired) electrons. The van der Waals surface area contributed by atoms with Gasteiger partial charge in [0.25, 0.3) is 0 Å². The van der Waals surface area contributed by atoms with E-state index in [1.165, 1.54) is 6.42 Å². The molecule has 0 aliphatic rings. The van der Waals surface area contributed by atoms with Crippen LogP contribution in [0.5, 0.6) is 0 Å². The molecule has 0 rings (SSSR count). The van der Waals surface area contributed by atoms with E-state index in [1.54, 1.807) is 7.11 Å². The molecular formula is C14H30N2O. The van der Waals surface area contributed by atoms with Crippen LogP contribution < -0.4 is 5.32 Å². The average Bonchev–Trinajstić information content (AvgIpc) is 2.30. The third-order valence-corrected chi connectivity index (χ3v) is 2.97. The Balaban J connectivity index is 4.30. The lowest BCUT2D eigenvalue weighted by molar-refractivity contribution is 0.109. The van der Waals surface area contributed by atoms with Crippen molar-refractivity contribution in [2.24, 2.45) is 5.92 Å². The summed E-state index contributed by atoms with van der Waals surface area (Å²) >= 11 is 0. The molecule has 3 nitrogen and oxygen atoms in total. The molecule has 0 heterocycles. The monoisotopic (exact) mass is 242 g/mol. The van der Waals surface area contributed by atoms with Gasteiger partial charge in [0, 0.05) is 32.8 Å². The summed E-state index contributed by atoms with van der Waals surface area (Å²) in [5.74, 6) is 0.635. The first-order valence-electron chi connectivity index (χ1n) is 6.71. The van der Waals surface area contributed by atoms with Gasteiger partial charge in [-0.2, -0.15) is 0 Å². The van der Waals surface area contributed by atoms with Gasteiger partial charge in [-0.3, -0.25) is 4.90 Å². The van der Waals surface area contributed by atoms with E-state index in [4.69, 9.17) is 4.74 Å². The molecule has 0 aromatic rings. The first-order chi connectivity index (χ1) is 8.17. The highest BCUT2D eigenvalue weighted by atomic mass is 16.5. The van der Waals surface area contributed by atoms with Crippen molar-refractivity contribution in [2.75, 3.05) is 39.9 Å². The zero-order valence-electron chi connectivity index (χ0n) is 12.0. The second kappa shape index (κ2) is 10.8. The minimum atomic E-state index is 0.551. The van der Waals surface area contributed by atoms with Crippen molar-refractivity contribution >= 4 is 0 Å². The Morgan fingerprint density at radius 3 is 2.59 bits per heavy atom. The van der Waals surface area contributed by atoms with E-state index in [0.717, 1.165) is 32.8 Å². The van der Waals surface area contributed by atoms with Crippen LogP contribution in [0.25, 0.3) is 0 Å². The fourth-order valence-corrected chi connectivity index (χ4v) is 1.98. The molecule has 0 aliphatic heterocycles. The molecule has 0 spiro atoms. The van der Waals surface area contributed by atoms with Crippen LogP contribution >= 0.6 is 0 Å². The molecule has 1 unspecified atom stereocenters. The highest BCUT2D eigenvalue weighted by molar-refractivity contribution is 4.82. The van der Waals surface area contributed by atoms with Gasteiger partial charge in [-0.15, -0.1) is 6.58 Å². The van der Waals surface area contributed by atoms with Crippen molar-refractivity contribution in [1.82, 2.24) is 10.2 Å². The third kappa shape index (κ3) is 7.53. The number of rotatable bonds is 11. The summed E-state index contributed by atoms with van der Waals surface area (Å²) < 4.78 is 5.18. The van der Waals surface area contributed by atoms with Crippen LogP contribution in [0.3, 0.4) is 0 Å². The van der Waals surface area contributed by atoms with E-state index in [9.17, 15) is 0 Å². The van der Waals surface area contributed by atoms with Gasteiger partial charge in [0.1, 0.15) is 0 Å². The Morgan fingerprint density at radius 1 is 1.41 bits per heavy atom. The van der Waals surface area contributed by atoms with Gasteiger partial charge >= 0.3 is 0 Å². The minimum Gasteiger partial charge on any atom is -0.383 e. The molecule has 1 N–H and O–H groups in total. The summed E-state index contributed by atoms with van der Waals surface area (Å²) in [5.41, 5.74) is 0. The fourth-order valence-electron chi connectivity index (χ4n) is 1.98. The molecule has 0 aliphatic carbocycles. The topological polar surface area (TPSA) is 24.5 Å². The predicted molar refractivity (Wildman–Crippen MR) is 75.4 cm³/mol. The van der Waals surface area contributed by atoms with Crippen LogP contribution in [0.15, 0.2) is 12.7 Å². The van der Waals surface area contributed by atoms with E-state index in [-0.39, 0.29) is 0 Å². The van der Waals surface area contributed by atoms with Crippen LogP contribution in [-0.2, 0) is 4.74 Å². The Morgan fingerprint density at radius 2 is 2.12 bits per heavy atom. The van der Waals surface area contributed by atoms with Gasteiger partial charge in [0.2, 0.25) is 0 Å². The average molecular weight is 242 g/mol. The van der Waals surface area contributed by atoms with E-state index in [0.29, 0.717) is 12.0 Å². The molecular weight excluding hydrogens is 212 g/mol. The van der Waals surface area contributed by atoms with Crippen LogP contribution in [0, 0.1) is 5.92 Å². The smallest absolute Gasteiger partial charge is 0.0589 e. The zero-order chi connectivity index (χ0) is 13.1. The molecule has 0 amide bonds. The molecule has 0 bridgehead atoms. The lowest BCUT2D eigenvalue weighted by Crippen LogP contribution is -2.47. The second-order valence-electron chi connectivity index (χ2n) is 4.79. The van der Waals surface area contributed by atoms with E-state index < -0.39 is 0 Å². The summed E-state index contributed by atoms with van der Waals surface area (Å²) in [5, 5.41) is 3.52.